The number of ether oxygens (including phenoxy) is 3. The SMILES string of the molecule is CCCO[C@@H](C)C(Cc1ccccc1)OCc1ccc(OC)cc1. The van der Waals surface area contributed by atoms with E-state index in [2.05, 4.69) is 38.1 Å². The van der Waals surface area contributed by atoms with E-state index in [4.69, 9.17) is 14.2 Å². The largest absolute Gasteiger partial charge is 0.497 e. The van der Waals surface area contributed by atoms with Crippen molar-refractivity contribution in [3.05, 3.63) is 65.7 Å². The third-order valence-corrected chi connectivity index (χ3v) is 4.01. The number of benzene rings is 2. The van der Waals surface area contributed by atoms with Crippen LogP contribution in [0.1, 0.15) is 31.4 Å². The maximum atomic E-state index is 6.20. The van der Waals surface area contributed by atoms with Crippen molar-refractivity contribution in [2.75, 3.05) is 13.7 Å². The molecule has 0 aliphatic rings. The summed E-state index contributed by atoms with van der Waals surface area (Å²) in [4.78, 5) is 0. The summed E-state index contributed by atoms with van der Waals surface area (Å²) in [6.45, 7) is 5.55. The quantitative estimate of drug-likeness (QED) is 0.636. The van der Waals surface area contributed by atoms with Crippen molar-refractivity contribution < 1.29 is 14.2 Å². The van der Waals surface area contributed by atoms with Gasteiger partial charge in [-0.15, -0.1) is 0 Å². The van der Waals surface area contributed by atoms with Crippen LogP contribution in [0.4, 0.5) is 0 Å². The highest BCUT2D eigenvalue weighted by Crippen LogP contribution is 2.17. The lowest BCUT2D eigenvalue weighted by atomic mass is 10.0. The first-order valence-corrected chi connectivity index (χ1v) is 8.63. The monoisotopic (exact) mass is 328 g/mol. The van der Waals surface area contributed by atoms with Gasteiger partial charge in [0.1, 0.15) is 5.75 Å². The van der Waals surface area contributed by atoms with Crippen molar-refractivity contribution >= 4 is 0 Å². The van der Waals surface area contributed by atoms with Crippen molar-refractivity contribution in [1.82, 2.24) is 0 Å². The van der Waals surface area contributed by atoms with Crippen molar-refractivity contribution in [3.8, 4) is 5.75 Å². The topological polar surface area (TPSA) is 27.7 Å². The second-order valence-electron chi connectivity index (χ2n) is 5.96. The lowest BCUT2D eigenvalue weighted by Crippen LogP contribution is -2.31. The molecule has 2 atom stereocenters. The second-order valence-corrected chi connectivity index (χ2v) is 5.96. The van der Waals surface area contributed by atoms with Gasteiger partial charge < -0.3 is 14.2 Å². The van der Waals surface area contributed by atoms with Crippen LogP contribution in [0.3, 0.4) is 0 Å². The molecule has 130 valence electrons. The summed E-state index contributed by atoms with van der Waals surface area (Å²) in [5, 5.41) is 0. The average molecular weight is 328 g/mol. The fourth-order valence-electron chi connectivity index (χ4n) is 2.54. The number of hydrogen-bond acceptors (Lipinski definition) is 3. The molecule has 0 radical (unpaired) electrons. The lowest BCUT2D eigenvalue weighted by molar-refractivity contribution is -0.0708. The Morgan fingerprint density at radius 1 is 0.875 bits per heavy atom. The van der Waals surface area contributed by atoms with Gasteiger partial charge in [-0.2, -0.15) is 0 Å². The summed E-state index contributed by atoms with van der Waals surface area (Å²) < 4.78 is 17.3. The summed E-state index contributed by atoms with van der Waals surface area (Å²) in [6, 6.07) is 18.4. The predicted molar refractivity (Wildman–Crippen MR) is 97.4 cm³/mol. The standard InChI is InChI=1S/C21H28O3/c1-4-14-23-17(2)21(15-18-8-6-5-7-9-18)24-16-19-10-12-20(22-3)13-11-19/h5-13,17,21H,4,14-16H2,1-3H3/t17-,21?/m0/s1. The normalized spacial score (nSPS) is 13.5. The van der Waals surface area contributed by atoms with Gasteiger partial charge in [0.25, 0.3) is 0 Å². The Labute approximate surface area is 145 Å². The first-order valence-electron chi connectivity index (χ1n) is 8.63. The summed E-state index contributed by atoms with van der Waals surface area (Å²) in [7, 11) is 1.67. The minimum atomic E-state index is 0.0288. The Balaban J connectivity index is 1.98. The summed E-state index contributed by atoms with van der Waals surface area (Å²) in [5.74, 6) is 0.860. The molecule has 0 aliphatic heterocycles. The number of rotatable bonds is 10. The maximum Gasteiger partial charge on any atom is 0.118 e. The molecule has 0 aliphatic carbocycles. The molecular weight excluding hydrogens is 300 g/mol. The minimum absolute atomic E-state index is 0.0288. The van der Waals surface area contributed by atoms with E-state index in [-0.39, 0.29) is 12.2 Å². The Hall–Kier alpha value is -1.84. The van der Waals surface area contributed by atoms with E-state index >= 15 is 0 Å². The van der Waals surface area contributed by atoms with E-state index in [1.807, 2.05) is 30.3 Å². The predicted octanol–water partition coefficient (Wildman–Crippen LogP) is 4.64. The van der Waals surface area contributed by atoms with Gasteiger partial charge in [-0.1, -0.05) is 49.4 Å². The minimum Gasteiger partial charge on any atom is -0.497 e. The highest BCUT2D eigenvalue weighted by atomic mass is 16.5. The first-order chi connectivity index (χ1) is 11.7. The van der Waals surface area contributed by atoms with Crippen LogP contribution < -0.4 is 4.74 Å². The zero-order valence-corrected chi connectivity index (χ0v) is 14.9. The van der Waals surface area contributed by atoms with Crippen LogP contribution in [0.5, 0.6) is 5.75 Å². The van der Waals surface area contributed by atoms with Gasteiger partial charge in [0.05, 0.1) is 25.9 Å². The average Bonchev–Trinajstić information content (AvgIpc) is 2.64. The molecule has 0 saturated carbocycles. The molecule has 0 N–H and O–H groups in total. The van der Waals surface area contributed by atoms with Crippen molar-refractivity contribution in [3.63, 3.8) is 0 Å². The Bertz CT molecular complexity index is 565. The third-order valence-electron chi connectivity index (χ3n) is 4.01. The van der Waals surface area contributed by atoms with Crippen LogP contribution in [0.2, 0.25) is 0 Å². The van der Waals surface area contributed by atoms with Gasteiger partial charge in [0, 0.05) is 13.0 Å². The van der Waals surface area contributed by atoms with Gasteiger partial charge in [-0.3, -0.25) is 0 Å². The zero-order valence-electron chi connectivity index (χ0n) is 14.9. The van der Waals surface area contributed by atoms with Crippen LogP contribution in [-0.2, 0) is 22.5 Å². The third kappa shape index (κ3) is 5.99. The summed E-state index contributed by atoms with van der Waals surface area (Å²) in [5.41, 5.74) is 2.40. The van der Waals surface area contributed by atoms with E-state index in [1.165, 1.54) is 5.56 Å². The highest BCUT2D eigenvalue weighted by molar-refractivity contribution is 5.26. The molecular formula is C21H28O3. The lowest BCUT2D eigenvalue weighted by Gasteiger charge is -2.25. The number of methoxy groups -OCH3 is 1. The first kappa shape index (κ1) is 18.5. The molecule has 3 nitrogen and oxygen atoms in total. The molecule has 2 aromatic rings. The molecule has 24 heavy (non-hydrogen) atoms. The van der Waals surface area contributed by atoms with Gasteiger partial charge in [0.2, 0.25) is 0 Å². The van der Waals surface area contributed by atoms with Gasteiger partial charge >= 0.3 is 0 Å². The molecule has 2 aromatic carbocycles. The summed E-state index contributed by atoms with van der Waals surface area (Å²) >= 11 is 0. The van der Waals surface area contributed by atoms with Crippen LogP contribution in [0, 0.1) is 0 Å². The molecule has 1 unspecified atom stereocenters. The molecule has 0 aromatic heterocycles. The second kappa shape index (κ2) is 10.1. The zero-order chi connectivity index (χ0) is 17.2. The maximum absolute atomic E-state index is 6.20. The highest BCUT2D eigenvalue weighted by Gasteiger charge is 2.19. The molecule has 0 heterocycles. The fraction of sp³-hybridized carbons (Fsp3) is 0.429. The molecule has 0 spiro atoms. The van der Waals surface area contributed by atoms with E-state index < -0.39 is 0 Å². The van der Waals surface area contributed by atoms with Crippen LogP contribution in [-0.4, -0.2) is 25.9 Å². The van der Waals surface area contributed by atoms with E-state index in [9.17, 15) is 0 Å². The van der Waals surface area contributed by atoms with Crippen molar-refractivity contribution in [2.45, 2.75) is 45.5 Å². The van der Waals surface area contributed by atoms with Crippen LogP contribution >= 0.6 is 0 Å². The Morgan fingerprint density at radius 2 is 1.58 bits per heavy atom. The van der Waals surface area contributed by atoms with E-state index in [1.54, 1.807) is 7.11 Å². The van der Waals surface area contributed by atoms with E-state index in [0.717, 1.165) is 30.8 Å². The number of hydrogen-bond donors (Lipinski definition) is 0. The van der Waals surface area contributed by atoms with Crippen molar-refractivity contribution in [2.24, 2.45) is 0 Å². The Morgan fingerprint density at radius 3 is 2.21 bits per heavy atom. The smallest absolute Gasteiger partial charge is 0.118 e. The molecule has 2 rings (SSSR count). The molecule has 0 fully saturated rings. The van der Waals surface area contributed by atoms with Crippen molar-refractivity contribution in [1.29, 1.82) is 0 Å². The van der Waals surface area contributed by atoms with Gasteiger partial charge in [0.15, 0.2) is 0 Å². The molecule has 3 heteroatoms. The van der Waals surface area contributed by atoms with Gasteiger partial charge in [-0.25, -0.2) is 0 Å². The fourth-order valence-corrected chi connectivity index (χ4v) is 2.54. The van der Waals surface area contributed by atoms with Gasteiger partial charge in [-0.05, 0) is 36.6 Å². The van der Waals surface area contributed by atoms with E-state index in [0.29, 0.717) is 6.61 Å². The Kier molecular flexibility index (Phi) is 7.80. The van der Waals surface area contributed by atoms with Crippen LogP contribution in [0.15, 0.2) is 54.6 Å². The molecule has 0 saturated heterocycles. The summed E-state index contributed by atoms with van der Waals surface area (Å²) in [6.07, 6.45) is 1.95. The molecule has 0 amide bonds. The van der Waals surface area contributed by atoms with Crippen LogP contribution in [0.25, 0.3) is 0 Å². The molecule has 0 bridgehead atoms.